The van der Waals surface area contributed by atoms with Gasteiger partial charge in [0.25, 0.3) is 0 Å². The van der Waals surface area contributed by atoms with Crippen LogP contribution in [0.25, 0.3) is 0 Å². The molecule has 14 heavy (non-hydrogen) atoms. The van der Waals surface area contributed by atoms with Gasteiger partial charge in [0.2, 0.25) is 5.89 Å². The van der Waals surface area contributed by atoms with Crippen molar-refractivity contribution in [3.63, 3.8) is 0 Å². The average Bonchev–Trinajstić information content (AvgIpc) is 2.75. The lowest BCUT2D eigenvalue weighted by Crippen LogP contribution is -2.33. The number of hydrogen-bond donors (Lipinski definition) is 1. The number of aromatic nitrogens is 2. The van der Waals surface area contributed by atoms with E-state index in [1.165, 1.54) is 0 Å². The van der Waals surface area contributed by atoms with E-state index in [1.54, 1.807) is 7.11 Å². The average molecular weight is 197 g/mol. The highest BCUT2D eigenvalue weighted by molar-refractivity contribution is 5.04. The molecule has 0 spiro atoms. The molecule has 0 amide bonds. The Kier molecular flexibility index (Phi) is 2.52. The standard InChI is InChI=1S/C9H15N3O2/c1-13-6-7-11-8(14-12-7)9(10)4-2-3-5-9/h2-6,10H2,1H3. The molecule has 0 radical (unpaired) electrons. The van der Waals surface area contributed by atoms with Crippen molar-refractivity contribution in [3.8, 4) is 0 Å². The third-order valence-corrected chi connectivity index (χ3v) is 2.66. The van der Waals surface area contributed by atoms with Gasteiger partial charge in [0.05, 0.1) is 5.54 Å². The molecule has 0 atom stereocenters. The van der Waals surface area contributed by atoms with Crippen LogP contribution in [0.5, 0.6) is 0 Å². The maximum atomic E-state index is 6.15. The molecular weight excluding hydrogens is 182 g/mol. The lowest BCUT2D eigenvalue weighted by molar-refractivity contribution is 0.174. The highest BCUT2D eigenvalue weighted by Gasteiger charge is 2.36. The van der Waals surface area contributed by atoms with Crippen molar-refractivity contribution in [1.82, 2.24) is 10.1 Å². The molecule has 2 N–H and O–H groups in total. The Hall–Kier alpha value is -0.940. The van der Waals surface area contributed by atoms with Gasteiger partial charge in [-0.1, -0.05) is 18.0 Å². The minimum atomic E-state index is -0.390. The Bertz CT molecular complexity index is 305. The second-order valence-corrected chi connectivity index (χ2v) is 3.81. The number of nitrogens with zero attached hydrogens (tertiary/aromatic N) is 2. The molecular formula is C9H15N3O2. The van der Waals surface area contributed by atoms with Crippen molar-refractivity contribution in [2.75, 3.05) is 7.11 Å². The smallest absolute Gasteiger partial charge is 0.246 e. The number of rotatable bonds is 3. The highest BCUT2D eigenvalue weighted by atomic mass is 16.5. The third kappa shape index (κ3) is 1.65. The summed E-state index contributed by atoms with van der Waals surface area (Å²) < 4.78 is 10.0. The van der Waals surface area contributed by atoms with Crippen LogP contribution in [0.15, 0.2) is 4.52 Å². The van der Waals surface area contributed by atoms with E-state index in [1.807, 2.05) is 0 Å². The predicted octanol–water partition coefficient (Wildman–Crippen LogP) is 0.944. The Balaban J connectivity index is 2.15. The summed E-state index contributed by atoms with van der Waals surface area (Å²) in [5.41, 5.74) is 5.76. The molecule has 78 valence electrons. The summed E-state index contributed by atoms with van der Waals surface area (Å²) in [6.07, 6.45) is 4.14. The maximum Gasteiger partial charge on any atom is 0.246 e. The van der Waals surface area contributed by atoms with Crippen LogP contribution < -0.4 is 5.73 Å². The molecule has 1 aliphatic carbocycles. The minimum absolute atomic E-state index is 0.375. The fourth-order valence-electron chi connectivity index (χ4n) is 1.86. The highest BCUT2D eigenvalue weighted by Crippen LogP contribution is 2.35. The largest absolute Gasteiger partial charge is 0.377 e. The molecule has 0 aliphatic heterocycles. The number of ether oxygens (including phenoxy) is 1. The summed E-state index contributed by atoms with van der Waals surface area (Å²) in [5.74, 6) is 1.13. The number of methoxy groups -OCH3 is 1. The fourth-order valence-corrected chi connectivity index (χ4v) is 1.86. The van der Waals surface area contributed by atoms with Crippen LogP contribution in [0.4, 0.5) is 0 Å². The quantitative estimate of drug-likeness (QED) is 0.780. The van der Waals surface area contributed by atoms with Crippen molar-refractivity contribution in [2.24, 2.45) is 5.73 Å². The van der Waals surface area contributed by atoms with Crippen molar-refractivity contribution >= 4 is 0 Å². The molecule has 0 aromatic carbocycles. The van der Waals surface area contributed by atoms with Gasteiger partial charge >= 0.3 is 0 Å². The Labute approximate surface area is 82.6 Å². The molecule has 2 rings (SSSR count). The second kappa shape index (κ2) is 3.67. The van der Waals surface area contributed by atoms with Crippen molar-refractivity contribution in [3.05, 3.63) is 11.7 Å². The summed E-state index contributed by atoms with van der Waals surface area (Å²) in [4.78, 5) is 4.23. The van der Waals surface area contributed by atoms with Gasteiger partial charge in [-0.3, -0.25) is 0 Å². The van der Waals surface area contributed by atoms with E-state index < -0.39 is 0 Å². The molecule has 0 unspecified atom stereocenters. The first kappa shape index (κ1) is 9.61. The lowest BCUT2D eigenvalue weighted by atomic mass is 9.99. The third-order valence-electron chi connectivity index (χ3n) is 2.66. The van der Waals surface area contributed by atoms with Gasteiger partial charge in [-0.2, -0.15) is 4.98 Å². The van der Waals surface area contributed by atoms with Crippen LogP contribution in [-0.2, 0) is 16.9 Å². The predicted molar refractivity (Wildman–Crippen MR) is 49.3 cm³/mol. The first-order valence-corrected chi connectivity index (χ1v) is 4.85. The zero-order chi connectivity index (χ0) is 10.0. The zero-order valence-electron chi connectivity index (χ0n) is 8.32. The first-order valence-electron chi connectivity index (χ1n) is 4.85. The summed E-state index contributed by atoms with van der Waals surface area (Å²) in [5, 5.41) is 3.80. The lowest BCUT2D eigenvalue weighted by Gasteiger charge is -2.17. The Morgan fingerprint density at radius 2 is 2.21 bits per heavy atom. The van der Waals surface area contributed by atoms with Crippen LogP contribution in [-0.4, -0.2) is 17.3 Å². The van der Waals surface area contributed by atoms with Crippen LogP contribution >= 0.6 is 0 Å². The van der Waals surface area contributed by atoms with Crippen LogP contribution in [0.3, 0.4) is 0 Å². The van der Waals surface area contributed by atoms with E-state index in [4.69, 9.17) is 15.0 Å². The SMILES string of the molecule is COCc1noc(C2(N)CCCC2)n1. The van der Waals surface area contributed by atoms with Gasteiger partial charge in [-0.05, 0) is 12.8 Å². The van der Waals surface area contributed by atoms with Crippen molar-refractivity contribution in [1.29, 1.82) is 0 Å². The minimum Gasteiger partial charge on any atom is -0.377 e. The van der Waals surface area contributed by atoms with E-state index in [2.05, 4.69) is 10.1 Å². The maximum absolute atomic E-state index is 6.15. The number of hydrogen-bond acceptors (Lipinski definition) is 5. The molecule has 0 saturated heterocycles. The fraction of sp³-hybridized carbons (Fsp3) is 0.778. The summed E-state index contributed by atoms with van der Waals surface area (Å²) in [6, 6.07) is 0. The van der Waals surface area contributed by atoms with E-state index in [9.17, 15) is 0 Å². The number of nitrogens with two attached hydrogens (primary N) is 1. The molecule has 0 bridgehead atoms. The summed E-state index contributed by atoms with van der Waals surface area (Å²) in [7, 11) is 1.60. The van der Waals surface area contributed by atoms with Crippen molar-refractivity contribution in [2.45, 2.75) is 37.8 Å². The summed E-state index contributed by atoms with van der Waals surface area (Å²) in [6.45, 7) is 0.375. The van der Waals surface area contributed by atoms with E-state index >= 15 is 0 Å². The molecule has 5 heteroatoms. The molecule has 1 heterocycles. The first-order chi connectivity index (χ1) is 6.74. The van der Waals surface area contributed by atoms with Gasteiger partial charge in [-0.15, -0.1) is 0 Å². The molecule has 1 aliphatic rings. The normalized spacial score (nSPS) is 20.1. The van der Waals surface area contributed by atoms with Gasteiger partial charge < -0.3 is 15.0 Å². The van der Waals surface area contributed by atoms with Gasteiger partial charge in [-0.25, -0.2) is 0 Å². The topological polar surface area (TPSA) is 74.2 Å². The van der Waals surface area contributed by atoms with E-state index in [-0.39, 0.29) is 5.54 Å². The van der Waals surface area contributed by atoms with Crippen LogP contribution in [0.2, 0.25) is 0 Å². The van der Waals surface area contributed by atoms with Gasteiger partial charge in [0.15, 0.2) is 5.82 Å². The Morgan fingerprint density at radius 3 is 2.86 bits per heavy atom. The molecule has 5 nitrogen and oxygen atoms in total. The monoisotopic (exact) mass is 197 g/mol. The zero-order valence-corrected chi connectivity index (χ0v) is 8.32. The molecule has 1 fully saturated rings. The Morgan fingerprint density at radius 1 is 1.50 bits per heavy atom. The second-order valence-electron chi connectivity index (χ2n) is 3.81. The molecule has 1 aromatic rings. The van der Waals surface area contributed by atoms with Crippen LogP contribution in [0.1, 0.15) is 37.4 Å². The van der Waals surface area contributed by atoms with E-state index in [0.717, 1.165) is 25.7 Å². The van der Waals surface area contributed by atoms with E-state index in [0.29, 0.717) is 18.3 Å². The van der Waals surface area contributed by atoms with Gasteiger partial charge in [0, 0.05) is 7.11 Å². The molecule has 1 saturated carbocycles. The molecule has 1 aromatic heterocycles. The van der Waals surface area contributed by atoms with Gasteiger partial charge in [0.1, 0.15) is 6.61 Å². The van der Waals surface area contributed by atoms with Crippen molar-refractivity contribution < 1.29 is 9.26 Å². The van der Waals surface area contributed by atoms with Crippen LogP contribution in [0, 0.1) is 0 Å². The summed E-state index contributed by atoms with van der Waals surface area (Å²) >= 11 is 0.